The van der Waals surface area contributed by atoms with E-state index in [1.54, 1.807) is 12.1 Å². The van der Waals surface area contributed by atoms with Crippen molar-refractivity contribution < 1.29 is 4.39 Å². The van der Waals surface area contributed by atoms with E-state index in [0.717, 1.165) is 6.42 Å². The predicted octanol–water partition coefficient (Wildman–Crippen LogP) is 2.58. The summed E-state index contributed by atoms with van der Waals surface area (Å²) >= 11 is 6.11. The van der Waals surface area contributed by atoms with Gasteiger partial charge in [0.2, 0.25) is 0 Å². The van der Waals surface area contributed by atoms with Gasteiger partial charge in [-0.15, -0.1) is 0 Å². The molecule has 0 bridgehead atoms. The van der Waals surface area contributed by atoms with Gasteiger partial charge >= 0.3 is 0 Å². The van der Waals surface area contributed by atoms with Crippen LogP contribution in [0.1, 0.15) is 31.9 Å². The zero-order valence-electron chi connectivity index (χ0n) is 10.6. The third-order valence-corrected chi connectivity index (χ3v) is 3.68. The van der Waals surface area contributed by atoms with Gasteiger partial charge in [-0.25, -0.2) is 15.2 Å². The highest BCUT2D eigenvalue weighted by Gasteiger charge is 2.37. The first kappa shape index (κ1) is 13.7. The summed E-state index contributed by atoms with van der Waals surface area (Å²) in [5, 5.41) is 0.442. The first-order valence-electron chi connectivity index (χ1n) is 6.21. The molecular weight excluding hydrogens is 253 g/mol. The van der Waals surface area contributed by atoms with Crippen LogP contribution < -0.4 is 16.6 Å². The van der Waals surface area contributed by atoms with Crippen molar-refractivity contribution >= 4 is 11.6 Å². The molecule has 0 aliphatic carbocycles. The van der Waals surface area contributed by atoms with Crippen LogP contribution in [0.4, 0.5) is 4.39 Å². The van der Waals surface area contributed by atoms with E-state index in [1.165, 1.54) is 6.07 Å². The van der Waals surface area contributed by atoms with Crippen LogP contribution in [0, 0.1) is 17.7 Å². The zero-order chi connectivity index (χ0) is 13.3. The maximum Gasteiger partial charge on any atom is 0.129 e. The minimum absolute atomic E-state index is 0.124. The van der Waals surface area contributed by atoms with Gasteiger partial charge in [0.15, 0.2) is 0 Å². The fourth-order valence-corrected chi connectivity index (χ4v) is 2.81. The van der Waals surface area contributed by atoms with E-state index < -0.39 is 0 Å². The Bertz CT molecular complexity index is 404. The minimum atomic E-state index is -0.287. The van der Waals surface area contributed by atoms with E-state index in [0.29, 0.717) is 16.5 Å². The number of hydrogen-bond acceptors (Lipinski definition) is 3. The maximum absolute atomic E-state index is 13.9. The minimum Gasteiger partial charge on any atom is -0.315 e. The Balaban J connectivity index is 2.31. The first-order valence-corrected chi connectivity index (χ1v) is 6.59. The number of rotatable bonds is 3. The Morgan fingerprint density at radius 1 is 1.39 bits per heavy atom. The molecule has 1 aromatic rings. The van der Waals surface area contributed by atoms with Crippen molar-refractivity contribution in [3.05, 3.63) is 34.6 Å². The molecule has 3 nitrogen and oxygen atoms in total. The van der Waals surface area contributed by atoms with Crippen molar-refractivity contribution in [1.82, 2.24) is 10.9 Å². The quantitative estimate of drug-likeness (QED) is 0.792. The van der Waals surface area contributed by atoms with Crippen LogP contribution in [0.25, 0.3) is 0 Å². The van der Waals surface area contributed by atoms with E-state index in [4.69, 9.17) is 17.3 Å². The molecular formula is C13H19ClFN3. The smallest absolute Gasteiger partial charge is 0.129 e. The van der Waals surface area contributed by atoms with Crippen molar-refractivity contribution in [2.75, 3.05) is 0 Å². The Hall–Kier alpha value is -0.680. The summed E-state index contributed by atoms with van der Waals surface area (Å²) in [6.45, 7) is 4.26. The summed E-state index contributed by atoms with van der Waals surface area (Å²) in [6, 6.07) is 4.56. The molecule has 0 amide bonds. The van der Waals surface area contributed by atoms with Crippen LogP contribution >= 0.6 is 11.6 Å². The van der Waals surface area contributed by atoms with Crippen LogP contribution in [-0.2, 0) is 0 Å². The van der Waals surface area contributed by atoms with Crippen LogP contribution in [0.5, 0.6) is 0 Å². The van der Waals surface area contributed by atoms with Gasteiger partial charge in [-0.1, -0.05) is 31.5 Å². The zero-order valence-corrected chi connectivity index (χ0v) is 11.3. The lowest BCUT2D eigenvalue weighted by molar-refractivity contribution is 0.339. The summed E-state index contributed by atoms with van der Waals surface area (Å²) in [4.78, 5) is 0. The van der Waals surface area contributed by atoms with Crippen molar-refractivity contribution in [2.24, 2.45) is 17.6 Å². The first-order chi connectivity index (χ1) is 8.50. The third-order valence-electron chi connectivity index (χ3n) is 3.35. The summed E-state index contributed by atoms with van der Waals surface area (Å²) in [6.07, 6.45) is 0.726. The standard InChI is InChI=1S/C13H19ClFN3/c1-7(2)6-8-12(17-18-13(8)16)11-9(14)4-3-5-10(11)15/h3-5,7-8,12-13,17-18H,6,16H2,1-2H3. The number of hydrazine groups is 1. The summed E-state index contributed by atoms with van der Waals surface area (Å²) in [7, 11) is 0. The van der Waals surface area contributed by atoms with E-state index in [1.807, 2.05) is 0 Å². The molecule has 1 saturated heterocycles. The molecule has 5 heteroatoms. The lowest BCUT2D eigenvalue weighted by Crippen LogP contribution is -2.39. The second-order valence-electron chi connectivity index (χ2n) is 5.22. The van der Waals surface area contributed by atoms with Gasteiger partial charge in [-0.05, 0) is 24.5 Å². The van der Waals surface area contributed by atoms with Crippen molar-refractivity contribution in [3.63, 3.8) is 0 Å². The van der Waals surface area contributed by atoms with Crippen LogP contribution in [0.2, 0.25) is 5.02 Å². The molecule has 4 N–H and O–H groups in total. The van der Waals surface area contributed by atoms with E-state index in [-0.39, 0.29) is 23.9 Å². The van der Waals surface area contributed by atoms with Gasteiger partial charge < -0.3 is 5.73 Å². The normalized spacial score (nSPS) is 28.0. The lowest BCUT2D eigenvalue weighted by atomic mass is 9.86. The second-order valence-corrected chi connectivity index (χ2v) is 5.63. The highest BCUT2D eigenvalue weighted by atomic mass is 35.5. The molecule has 1 fully saturated rings. The van der Waals surface area contributed by atoms with E-state index in [2.05, 4.69) is 24.7 Å². The van der Waals surface area contributed by atoms with Crippen molar-refractivity contribution in [2.45, 2.75) is 32.5 Å². The van der Waals surface area contributed by atoms with E-state index >= 15 is 0 Å². The van der Waals surface area contributed by atoms with Crippen LogP contribution in [0.3, 0.4) is 0 Å². The van der Waals surface area contributed by atoms with Crippen LogP contribution in [0.15, 0.2) is 18.2 Å². The van der Waals surface area contributed by atoms with Gasteiger partial charge in [0.1, 0.15) is 5.82 Å². The molecule has 0 radical (unpaired) electrons. The largest absolute Gasteiger partial charge is 0.315 e. The molecule has 18 heavy (non-hydrogen) atoms. The average molecular weight is 272 g/mol. The Kier molecular flexibility index (Phi) is 4.22. The van der Waals surface area contributed by atoms with Crippen LogP contribution in [-0.4, -0.2) is 6.17 Å². The molecule has 100 valence electrons. The molecule has 1 aliphatic rings. The van der Waals surface area contributed by atoms with Gasteiger partial charge in [-0.2, -0.15) is 0 Å². The maximum atomic E-state index is 13.9. The van der Waals surface area contributed by atoms with Crippen molar-refractivity contribution in [3.8, 4) is 0 Å². The summed E-state index contributed by atoms with van der Waals surface area (Å²) < 4.78 is 13.9. The Morgan fingerprint density at radius 3 is 2.72 bits per heavy atom. The van der Waals surface area contributed by atoms with Gasteiger partial charge in [0.25, 0.3) is 0 Å². The number of nitrogens with one attached hydrogen (secondary N) is 2. The Labute approximate surface area is 112 Å². The fourth-order valence-electron chi connectivity index (χ4n) is 2.53. The Morgan fingerprint density at radius 2 is 2.11 bits per heavy atom. The van der Waals surface area contributed by atoms with Gasteiger partial charge in [0.05, 0.1) is 12.2 Å². The van der Waals surface area contributed by atoms with Crippen molar-refractivity contribution in [1.29, 1.82) is 0 Å². The molecule has 0 aromatic heterocycles. The number of nitrogens with two attached hydrogens (primary N) is 1. The molecule has 3 atom stereocenters. The topological polar surface area (TPSA) is 50.1 Å². The third kappa shape index (κ3) is 2.67. The lowest BCUT2D eigenvalue weighted by Gasteiger charge is -2.23. The molecule has 2 rings (SSSR count). The summed E-state index contributed by atoms with van der Waals surface area (Å²) in [5.74, 6) is 0.333. The van der Waals surface area contributed by atoms with Gasteiger partial charge in [-0.3, -0.25) is 0 Å². The highest BCUT2D eigenvalue weighted by Crippen LogP contribution is 2.36. The van der Waals surface area contributed by atoms with Gasteiger partial charge in [0, 0.05) is 16.5 Å². The highest BCUT2D eigenvalue weighted by molar-refractivity contribution is 6.31. The molecule has 0 saturated carbocycles. The fraction of sp³-hybridized carbons (Fsp3) is 0.538. The number of hydrogen-bond donors (Lipinski definition) is 3. The molecule has 3 unspecified atom stereocenters. The molecule has 1 aliphatic heterocycles. The second kappa shape index (κ2) is 5.53. The molecule has 1 aromatic carbocycles. The molecule has 0 spiro atoms. The molecule has 1 heterocycles. The summed E-state index contributed by atoms with van der Waals surface area (Å²) in [5.41, 5.74) is 12.6. The predicted molar refractivity (Wildman–Crippen MR) is 71.3 cm³/mol. The SMILES string of the molecule is CC(C)CC1C(N)NNC1c1c(F)cccc1Cl. The average Bonchev–Trinajstić information content (AvgIpc) is 2.61. The monoisotopic (exact) mass is 271 g/mol. The number of benzene rings is 1. The number of halogens is 2. The van der Waals surface area contributed by atoms with E-state index in [9.17, 15) is 4.39 Å².